The third-order valence-electron chi connectivity index (χ3n) is 3.27. The fourth-order valence-electron chi connectivity index (χ4n) is 2.18. The number of nitrogens with one attached hydrogen (secondary N) is 1. The summed E-state index contributed by atoms with van der Waals surface area (Å²) in [7, 11) is 1.69. The minimum atomic E-state index is 0.0699. The lowest BCUT2D eigenvalue weighted by Gasteiger charge is -2.15. The molecular weight excluding hydrogens is 268 g/mol. The SMILES string of the molecule is COc1ccccc1CC(C)NCc1cn(CCO)nn1. The lowest BCUT2D eigenvalue weighted by atomic mass is 10.1. The van der Waals surface area contributed by atoms with E-state index in [1.165, 1.54) is 5.56 Å². The van der Waals surface area contributed by atoms with E-state index < -0.39 is 0 Å². The number of para-hydroxylation sites is 1. The molecule has 0 saturated carbocycles. The van der Waals surface area contributed by atoms with E-state index in [-0.39, 0.29) is 6.61 Å². The molecule has 0 aliphatic carbocycles. The fraction of sp³-hybridized carbons (Fsp3) is 0.467. The molecule has 0 aliphatic heterocycles. The van der Waals surface area contributed by atoms with Gasteiger partial charge in [0, 0.05) is 18.8 Å². The molecule has 0 amide bonds. The Hall–Kier alpha value is -1.92. The van der Waals surface area contributed by atoms with Crippen molar-refractivity contribution in [2.24, 2.45) is 0 Å². The standard InChI is InChI=1S/C15H22N4O2/c1-12(9-13-5-3-4-6-15(13)21-2)16-10-14-11-19(7-8-20)18-17-14/h3-6,11-12,16,20H,7-10H2,1-2H3. The quantitative estimate of drug-likeness (QED) is 0.759. The van der Waals surface area contributed by atoms with Gasteiger partial charge in [0.2, 0.25) is 0 Å². The molecular formula is C15H22N4O2. The van der Waals surface area contributed by atoms with Crippen molar-refractivity contribution in [2.75, 3.05) is 13.7 Å². The molecule has 2 rings (SSSR count). The van der Waals surface area contributed by atoms with Gasteiger partial charge >= 0.3 is 0 Å². The van der Waals surface area contributed by atoms with Gasteiger partial charge in [-0.15, -0.1) is 5.10 Å². The summed E-state index contributed by atoms with van der Waals surface area (Å²) in [6, 6.07) is 8.34. The van der Waals surface area contributed by atoms with Gasteiger partial charge in [-0.1, -0.05) is 23.4 Å². The minimum Gasteiger partial charge on any atom is -0.496 e. The van der Waals surface area contributed by atoms with Gasteiger partial charge in [-0.25, -0.2) is 4.68 Å². The summed E-state index contributed by atoms with van der Waals surface area (Å²) in [6.45, 7) is 3.33. The number of hydrogen-bond donors (Lipinski definition) is 2. The van der Waals surface area contributed by atoms with Gasteiger partial charge in [-0.2, -0.15) is 0 Å². The Balaban J connectivity index is 1.85. The van der Waals surface area contributed by atoms with Crippen LogP contribution in [0.5, 0.6) is 5.75 Å². The van der Waals surface area contributed by atoms with Crippen LogP contribution in [-0.4, -0.2) is 39.9 Å². The molecule has 6 nitrogen and oxygen atoms in total. The minimum absolute atomic E-state index is 0.0699. The zero-order chi connectivity index (χ0) is 15.1. The molecule has 1 aromatic heterocycles. The van der Waals surface area contributed by atoms with Crippen molar-refractivity contribution < 1.29 is 9.84 Å². The van der Waals surface area contributed by atoms with Crippen LogP contribution in [0.1, 0.15) is 18.2 Å². The van der Waals surface area contributed by atoms with Gasteiger partial charge in [0.15, 0.2) is 0 Å². The largest absolute Gasteiger partial charge is 0.496 e. The second kappa shape index (κ2) is 7.75. The number of aromatic nitrogens is 3. The Morgan fingerprint density at radius 3 is 2.95 bits per heavy atom. The number of hydrogen-bond acceptors (Lipinski definition) is 5. The van der Waals surface area contributed by atoms with E-state index in [0.29, 0.717) is 19.1 Å². The molecule has 21 heavy (non-hydrogen) atoms. The highest BCUT2D eigenvalue weighted by atomic mass is 16.5. The van der Waals surface area contributed by atoms with Gasteiger partial charge in [-0.3, -0.25) is 0 Å². The van der Waals surface area contributed by atoms with Crippen LogP contribution in [0, 0.1) is 0 Å². The summed E-state index contributed by atoms with van der Waals surface area (Å²) in [4.78, 5) is 0. The molecule has 2 N–H and O–H groups in total. The zero-order valence-corrected chi connectivity index (χ0v) is 12.5. The first-order valence-electron chi connectivity index (χ1n) is 7.08. The molecule has 0 aliphatic rings. The third-order valence-corrected chi connectivity index (χ3v) is 3.27. The van der Waals surface area contributed by atoms with E-state index in [1.807, 2.05) is 24.4 Å². The van der Waals surface area contributed by atoms with E-state index in [0.717, 1.165) is 17.9 Å². The van der Waals surface area contributed by atoms with Crippen LogP contribution >= 0.6 is 0 Å². The molecule has 0 saturated heterocycles. The first-order valence-corrected chi connectivity index (χ1v) is 7.08. The second-order valence-electron chi connectivity index (χ2n) is 4.99. The van der Waals surface area contributed by atoms with Crippen molar-refractivity contribution in [1.82, 2.24) is 20.3 Å². The Bertz CT molecular complexity index is 556. The summed E-state index contributed by atoms with van der Waals surface area (Å²) in [5.41, 5.74) is 2.05. The maximum Gasteiger partial charge on any atom is 0.122 e. The van der Waals surface area contributed by atoms with E-state index in [9.17, 15) is 0 Å². The monoisotopic (exact) mass is 290 g/mol. The number of methoxy groups -OCH3 is 1. The fourth-order valence-corrected chi connectivity index (χ4v) is 2.18. The smallest absolute Gasteiger partial charge is 0.122 e. The maximum atomic E-state index is 8.84. The molecule has 0 fully saturated rings. The third kappa shape index (κ3) is 4.54. The van der Waals surface area contributed by atoms with Crippen molar-refractivity contribution in [3.63, 3.8) is 0 Å². The molecule has 114 valence electrons. The molecule has 0 radical (unpaired) electrons. The van der Waals surface area contributed by atoms with Gasteiger partial charge in [0.1, 0.15) is 5.75 Å². The van der Waals surface area contributed by atoms with Crippen LogP contribution in [0.4, 0.5) is 0 Å². The Labute approximate surface area is 124 Å². The van der Waals surface area contributed by atoms with Crippen LogP contribution in [0.3, 0.4) is 0 Å². The van der Waals surface area contributed by atoms with Gasteiger partial charge < -0.3 is 15.2 Å². The predicted octanol–water partition coefficient (Wildman–Crippen LogP) is 1.000. The van der Waals surface area contributed by atoms with Crippen molar-refractivity contribution >= 4 is 0 Å². The van der Waals surface area contributed by atoms with Gasteiger partial charge in [0.25, 0.3) is 0 Å². The molecule has 6 heteroatoms. The van der Waals surface area contributed by atoms with Gasteiger partial charge in [0.05, 0.1) is 26.0 Å². The maximum absolute atomic E-state index is 8.84. The normalized spacial score (nSPS) is 12.3. The molecule has 2 aromatic rings. The summed E-state index contributed by atoms with van der Waals surface area (Å²) >= 11 is 0. The zero-order valence-electron chi connectivity index (χ0n) is 12.5. The number of nitrogens with zero attached hydrogens (tertiary/aromatic N) is 3. The molecule has 1 atom stereocenters. The van der Waals surface area contributed by atoms with E-state index >= 15 is 0 Å². The summed E-state index contributed by atoms with van der Waals surface area (Å²) in [5, 5.41) is 20.3. The molecule has 1 unspecified atom stereocenters. The lowest BCUT2D eigenvalue weighted by molar-refractivity contribution is 0.268. The van der Waals surface area contributed by atoms with E-state index in [1.54, 1.807) is 11.8 Å². The topological polar surface area (TPSA) is 72.2 Å². The van der Waals surface area contributed by atoms with E-state index in [4.69, 9.17) is 9.84 Å². The number of aliphatic hydroxyl groups is 1. The van der Waals surface area contributed by atoms with Crippen LogP contribution < -0.4 is 10.1 Å². The van der Waals surface area contributed by atoms with Crippen LogP contribution in [0.15, 0.2) is 30.5 Å². The van der Waals surface area contributed by atoms with Crippen LogP contribution in [0.25, 0.3) is 0 Å². The van der Waals surface area contributed by atoms with Crippen molar-refractivity contribution in [3.05, 3.63) is 41.7 Å². The lowest BCUT2D eigenvalue weighted by Crippen LogP contribution is -2.27. The number of benzene rings is 1. The average Bonchev–Trinajstić information content (AvgIpc) is 2.94. The van der Waals surface area contributed by atoms with E-state index in [2.05, 4.69) is 28.6 Å². The van der Waals surface area contributed by atoms with Gasteiger partial charge in [-0.05, 0) is 25.0 Å². The molecule has 0 bridgehead atoms. The van der Waals surface area contributed by atoms with Crippen molar-refractivity contribution in [2.45, 2.75) is 32.5 Å². The highest BCUT2D eigenvalue weighted by Gasteiger charge is 2.08. The van der Waals surface area contributed by atoms with Crippen molar-refractivity contribution in [1.29, 1.82) is 0 Å². The summed E-state index contributed by atoms with van der Waals surface area (Å²) < 4.78 is 7.00. The Morgan fingerprint density at radius 2 is 2.19 bits per heavy atom. The first kappa shape index (κ1) is 15.5. The predicted molar refractivity (Wildman–Crippen MR) is 80.1 cm³/mol. The number of aliphatic hydroxyl groups excluding tert-OH is 1. The van der Waals surface area contributed by atoms with Crippen LogP contribution in [0.2, 0.25) is 0 Å². The van der Waals surface area contributed by atoms with Crippen LogP contribution in [-0.2, 0) is 19.5 Å². The van der Waals surface area contributed by atoms with Crippen molar-refractivity contribution in [3.8, 4) is 5.75 Å². The first-order chi connectivity index (χ1) is 10.2. The summed E-state index contributed by atoms with van der Waals surface area (Å²) in [5.74, 6) is 0.917. The highest BCUT2D eigenvalue weighted by Crippen LogP contribution is 2.18. The molecule has 0 spiro atoms. The molecule has 1 heterocycles. The Kier molecular flexibility index (Phi) is 5.71. The number of ether oxygens (including phenoxy) is 1. The summed E-state index contributed by atoms with van der Waals surface area (Å²) in [6.07, 6.45) is 2.73. The molecule has 1 aromatic carbocycles. The second-order valence-corrected chi connectivity index (χ2v) is 4.99. The average molecular weight is 290 g/mol. The Morgan fingerprint density at radius 1 is 1.38 bits per heavy atom. The highest BCUT2D eigenvalue weighted by molar-refractivity contribution is 5.33. The number of rotatable bonds is 8.